The zero-order chi connectivity index (χ0) is 29.8. The van der Waals surface area contributed by atoms with Gasteiger partial charge in [-0.25, -0.2) is 13.1 Å². The lowest BCUT2D eigenvalue weighted by atomic mass is 10.2. The fourth-order valence-electron chi connectivity index (χ4n) is 3.59. The van der Waals surface area contributed by atoms with Gasteiger partial charge in [-0.05, 0) is 54.1 Å². The van der Waals surface area contributed by atoms with Gasteiger partial charge in [0.2, 0.25) is 27.9 Å². The second-order valence-corrected chi connectivity index (χ2v) is 10.9. The number of ether oxygens (including phenoxy) is 1. The molecule has 14 heteroatoms. The Morgan fingerprint density at radius 3 is 1.98 bits per heavy atom. The van der Waals surface area contributed by atoms with E-state index in [-0.39, 0.29) is 49.3 Å². The number of phenols is 1. The lowest BCUT2D eigenvalue weighted by Crippen LogP contribution is -2.26. The molecule has 0 aliphatic rings. The molecule has 4 rings (SSSR count). The third-order valence-corrected chi connectivity index (χ3v) is 6.33. The number of hydrogen-bond donors (Lipinski definition) is 6. The van der Waals surface area contributed by atoms with Crippen molar-refractivity contribution in [3.05, 3.63) is 90.0 Å². The summed E-state index contributed by atoms with van der Waals surface area (Å²) < 4.78 is 30.0. The first-order chi connectivity index (χ1) is 20.2. The van der Waals surface area contributed by atoms with Crippen LogP contribution in [0.1, 0.15) is 15.9 Å². The Bertz CT molecular complexity index is 1550. The van der Waals surface area contributed by atoms with Crippen molar-refractivity contribution >= 4 is 45.2 Å². The molecule has 0 bridgehead atoms. The maximum atomic E-state index is 12.6. The summed E-state index contributed by atoms with van der Waals surface area (Å²) >= 11 is 0. The second kappa shape index (κ2) is 14.7. The maximum Gasteiger partial charge on any atom is 0.251 e. The van der Waals surface area contributed by atoms with Crippen molar-refractivity contribution in [2.24, 2.45) is 0 Å². The van der Waals surface area contributed by atoms with Crippen LogP contribution in [-0.2, 0) is 21.3 Å². The third-order valence-electron chi connectivity index (χ3n) is 5.60. The van der Waals surface area contributed by atoms with Crippen molar-refractivity contribution in [1.29, 1.82) is 0 Å². The number of carbonyl (C=O) groups excluding carboxylic acids is 1. The van der Waals surface area contributed by atoms with E-state index in [9.17, 15) is 18.3 Å². The molecule has 3 aromatic carbocycles. The molecule has 42 heavy (non-hydrogen) atoms. The summed E-state index contributed by atoms with van der Waals surface area (Å²) in [6, 6.07) is 23.0. The fourth-order valence-corrected chi connectivity index (χ4v) is 4.05. The van der Waals surface area contributed by atoms with Gasteiger partial charge in [-0.1, -0.05) is 30.3 Å². The molecule has 1 heterocycles. The van der Waals surface area contributed by atoms with Gasteiger partial charge < -0.3 is 31.1 Å². The molecule has 1 aromatic heterocycles. The highest BCUT2D eigenvalue weighted by Gasteiger charge is 2.10. The third kappa shape index (κ3) is 10.3. The summed E-state index contributed by atoms with van der Waals surface area (Å²) in [7, 11) is -3.26. The second-order valence-electron chi connectivity index (χ2n) is 9.05. The van der Waals surface area contributed by atoms with Crippen LogP contribution in [0.25, 0.3) is 0 Å². The van der Waals surface area contributed by atoms with Gasteiger partial charge in [0.25, 0.3) is 5.91 Å². The van der Waals surface area contributed by atoms with E-state index in [2.05, 4.69) is 40.9 Å². The zero-order valence-corrected chi connectivity index (χ0v) is 23.7. The van der Waals surface area contributed by atoms with Crippen LogP contribution in [0.15, 0.2) is 78.9 Å². The molecule has 0 fully saturated rings. The van der Waals surface area contributed by atoms with Gasteiger partial charge in [0.15, 0.2) is 0 Å². The van der Waals surface area contributed by atoms with Crippen LogP contribution in [0.5, 0.6) is 5.75 Å². The average Bonchev–Trinajstić information content (AvgIpc) is 2.97. The number of hydrogen-bond acceptors (Lipinski definition) is 11. The van der Waals surface area contributed by atoms with Gasteiger partial charge in [-0.2, -0.15) is 15.0 Å². The van der Waals surface area contributed by atoms with E-state index >= 15 is 0 Å². The number of aromatic hydroxyl groups is 1. The van der Waals surface area contributed by atoms with Crippen LogP contribution < -0.4 is 26.0 Å². The minimum atomic E-state index is -3.26. The molecule has 13 nitrogen and oxygen atoms in total. The highest BCUT2D eigenvalue weighted by Crippen LogP contribution is 2.21. The zero-order valence-electron chi connectivity index (χ0n) is 22.9. The number of phenolic OH excluding ortho intramolecular Hbond substituents is 1. The number of amides is 1. The lowest BCUT2D eigenvalue weighted by molar-refractivity contribution is 0.0951. The number of nitrogens with zero attached hydrogens (tertiary/aromatic N) is 3. The van der Waals surface area contributed by atoms with Crippen molar-refractivity contribution in [2.45, 2.75) is 6.54 Å². The predicted octanol–water partition coefficient (Wildman–Crippen LogP) is 2.97. The first-order valence-electron chi connectivity index (χ1n) is 13.0. The number of sulfonamides is 1. The van der Waals surface area contributed by atoms with E-state index in [1.807, 2.05) is 30.3 Å². The van der Waals surface area contributed by atoms with Crippen molar-refractivity contribution in [2.75, 3.05) is 48.5 Å². The number of carbonyl (C=O) groups is 1. The van der Waals surface area contributed by atoms with E-state index in [0.29, 0.717) is 30.0 Å². The molecule has 0 aliphatic carbocycles. The number of aromatic nitrogens is 3. The van der Waals surface area contributed by atoms with E-state index in [4.69, 9.17) is 4.74 Å². The molecule has 6 N–H and O–H groups in total. The quantitative estimate of drug-likeness (QED) is 0.0883. The van der Waals surface area contributed by atoms with Gasteiger partial charge in [-0.15, -0.1) is 0 Å². The van der Waals surface area contributed by atoms with Crippen LogP contribution in [-0.4, -0.2) is 66.9 Å². The van der Waals surface area contributed by atoms with Gasteiger partial charge >= 0.3 is 0 Å². The summed E-state index contributed by atoms with van der Waals surface area (Å²) in [5.74, 6) is 0.698. The Morgan fingerprint density at radius 2 is 1.36 bits per heavy atom. The van der Waals surface area contributed by atoms with Crippen LogP contribution in [0.2, 0.25) is 0 Å². The van der Waals surface area contributed by atoms with Gasteiger partial charge in [0.05, 0.1) is 19.5 Å². The molecule has 0 atom stereocenters. The Morgan fingerprint density at radius 1 is 0.786 bits per heavy atom. The number of nitrogens with one attached hydrogen (secondary N) is 5. The van der Waals surface area contributed by atoms with Crippen LogP contribution in [0, 0.1) is 0 Å². The molecule has 0 unspecified atom stereocenters. The molecule has 0 saturated heterocycles. The average molecular weight is 593 g/mol. The van der Waals surface area contributed by atoms with Crippen LogP contribution >= 0.6 is 0 Å². The summed E-state index contributed by atoms with van der Waals surface area (Å²) in [5.41, 5.74) is 2.83. The van der Waals surface area contributed by atoms with Gasteiger partial charge in [0, 0.05) is 36.6 Å². The van der Waals surface area contributed by atoms with E-state index in [0.717, 1.165) is 11.8 Å². The molecule has 1 amide bonds. The topological polar surface area (TPSA) is 179 Å². The Hall–Kier alpha value is -4.79. The van der Waals surface area contributed by atoms with Crippen molar-refractivity contribution in [3.8, 4) is 5.75 Å². The molecule has 0 saturated carbocycles. The van der Waals surface area contributed by atoms with E-state index < -0.39 is 10.0 Å². The summed E-state index contributed by atoms with van der Waals surface area (Å²) in [4.78, 5) is 25.8. The molecule has 0 radical (unpaired) electrons. The van der Waals surface area contributed by atoms with Crippen LogP contribution in [0.4, 0.5) is 29.2 Å². The first kappa shape index (κ1) is 30.2. The highest BCUT2D eigenvalue weighted by molar-refractivity contribution is 7.88. The SMILES string of the molecule is CS(=O)(=O)NCCOCCNc1nc(Nc2ccc(O)cc2)nc(Nc2ccc(C(=O)NCc3ccccc3)cc2)n1. The lowest BCUT2D eigenvalue weighted by Gasteiger charge is -2.12. The molecule has 4 aromatic rings. The molecule has 0 spiro atoms. The monoisotopic (exact) mass is 592 g/mol. The maximum absolute atomic E-state index is 12.6. The standard InChI is InChI=1S/C28H32N8O5S/c1-42(39,40)31-16-18-41-17-15-29-26-34-27(36-28(35-26)33-23-11-13-24(37)14-12-23)32-22-9-7-21(8-10-22)25(38)30-19-20-5-3-2-4-6-20/h2-14,31,37H,15-19H2,1H3,(H,30,38)(H3,29,32,33,34,35,36). The largest absolute Gasteiger partial charge is 0.508 e. The smallest absolute Gasteiger partial charge is 0.251 e. The minimum Gasteiger partial charge on any atom is -0.508 e. The number of anilines is 5. The highest BCUT2D eigenvalue weighted by atomic mass is 32.2. The Labute approximate surface area is 243 Å². The van der Waals surface area contributed by atoms with Crippen molar-refractivity contribution < 1.29 is 23.1 Å². The van der Waals surface area contributed by atoms with Crippen molar-refractivity contribution in [1.82, 2.24) is 25.0 Å². The molecule has 0 aliphatic heterocycles. The normalized spacial score (nSPS) is 11.1. The summed E-state index contributed by atoms with van der Waals surface area (Å²) in [5, 5.41) is 21.7. The van der Waals surface area contributed by atoms with Crippen molar-refractivity contribution in [3.63, 3.8) is 0 Å². The first-order valence-corrected chi connectivity index (χ1v) is 14.9. The molecular weight excluding hydrogens is 560 g/mol. The van der Waals surface area contributed by atoms with Gasteiger partial charge in [0.1, 0.15) is 5.75 Å². The molecule has 220 valence electrons. The van der Waals surface area contributed by atoms with Crippen LogP contribution in [0.3, 0.4) is 0 Å². The number of benzene rings is 3. The van der Waals surface area contributed by atoms with Gasteiger partial charge in [-0.3, -0.25) is 4.79 Å². The summed E-state index contributed by atoms with van der Waals surface area (Å²) in [6.45, 7) is 1.46. The molecular formula is C28H32N8O5S. The minimum absolute atomic E-state index is 0.129. The van der Waals surface area contributed by atoms with E-state index in [1.165, 1.54) is 12.1 Å². The Balaban J connectivity index is 1.38. The Kier molecular flexibility index (Phi) is 10.6. The predicted molar refractivity (Wildman–Crippen MR) is 161 cm³/mol. The number of rotatable bonds is 15. The summed E-state index contributed by atoms with van der Waals surface area (Å²) in [6.07, 6.45) is 1.09. The fraction of sp³-hybridized carbons (Fsp3) is 0.214. The van der Waals surface area contributed by atoms with E-state index in [1.54, 1.807) is 36.4 Å².